The maximum absolute atomic E-state index is 13.4. The van der Waals surface area contributed by atoms with Gasteiger partial charge in [-0.15, -0.1) is 0 Å². The standard InChI is InChI=1S/C32H33NO6/c1-4-6-7-19-39-26-17-13-22(14-18-26)29(34)27-28(24-10-8-9-21(3)20-24)33(31(36)30(27)35)25-15-11-23(12-16-25)32(37)38-5-2/h8-18,20,28,34H,4-7,19H2,1-3H3/b29-27+. The van der Waals surface area contributed by atoms with Crippen molar-refractivity contribution in [2.75, 3.05) is 18.1 Å². The zero-order valence-electron chi connectivity index (χ0n) is 22.5. The van der Waals surface area contributed by atoms with Crippen molar-refractivity contribution in [2.45, 2.75) is 46.1 Å². The van der Waals surface area contributed by atoms with Gasteiger partial charge >= 0.3 is 5.97 Å². The highest BCUT2D eigenvalue weighted by Gasteiger charge is 2.47. The molecular formula is C32H33NO6. The normalized spacial score (nSPS) is 16.4. The van der Waals surface area contributed by atoms with E-state index >= 15 is 0 Å². The number of rotatable bonds is 10. The smallest absolute Gasteiger partial charge is 0.338 e. The van der Waals surface area contributed by atoms with Crippen LogP contribution in [0.4, 0.5) is 5.69 Å². The number of unbranched alkanes of at least 4 members (excludes halogenated alkanes) is 2. The molecule has 1 unspecified atom stereocenters. The first-order valence-corrected chi connectivity index (χ1v) is 13.2. The molecule has 0 aromatic heterocycles. The van der Waals surface area contributed by atoms with E-state index in [9.17, 15) is 19.5 Å². The van der Waals surface area contributed by atoms with Crippen LogP contribution in [0.3, 0.4) is 0 Å². The summed E-state index contributed by atoms with van der Waals surface area (Å²) in [6, 6.07) is 19.8. The molecule has 1 amide bonds. The first kappa shape index (κ1) is 27.6. The summed E-state index contributed by atoms with van der Waals surface area (Å²) >= 11 is 0. The summed E-state index contributed by atoms with van der Waals surface area (Å²) in [6.45, 7) is 6.62. The fourth-order valence-electron chi connectivity index (χ4n) is 4.63. The van der Waals surface area contributed by atoms with E-state index in [0.29, 0.717) is 34.7 Å². The average Bonchev–Trinajstić information content (AvgIpc) is 3.21. The Balaban J connectivity index is 1.74. The van der Waals surface area contributed by atoms with Crippen molar-refractivity contribution < 1.29 is 29.0 Å². The minimum Gasteiger partial charge on any atom is -0.507 e. The van der Waals surface area contributed by atoms with Gasteiger partial charge in [-0.1, -0.05) is 49.6 Å². The SMILES string of the molecule is CCCCCOc1ccc(/C(O)=C2\C(=O)C(=O)N(c3ccc(C(=O)OCC)cc3)C2c2cccc(C)c2)cc1. The molecule has 3 aromatic carbocycles. The molecule has 0 spiro atoms. The summed E-state index contributed by atoms with van der Waals surface area (Å²) in [6.07, 6.45) is 3.15. The van der Waals surface area contributed by atoms with Crippen LogP contribution >= 0.6 is 0 Å². The maximum atomic E-state index is 13.4. The molecular weight excluding hydrogens is 494 g/mol. The molecule has 1 heterocycles. The van der Waals surface area contributed by atoms with Crippen LogP contribution in [0.25, 0.3) is 5.76 Å². The first-order chi connectivity index (χ1) is 18.8. The molecule has 0 aliphatic carbocycles. The van der Waals surface area contributed by atoms with E-state index < -0.39 is 23.7 Å². The maximum Gasteiger partial charge on any atom is 0.338 e. The number of ketones is 1. The second-order valence-electron chi connectivity index (χ2n) is 9.43. The van der Waals surface area contributed by atoms with Crippen LogP contribution in [0.5, 0.6) is 5.75 Å². The fraction of sp³-hybridized carbons (Fsp3) is 0.281. The van der Waals surface area contributed by atoms with Gasteiger partial charge in [0.25, 0.3) is 11.7 Å². The number of amides is 1. The van der Waals surface area contributed by atoms with E-state index in [-0.39, 0.29) is 17.9 Å². The summed E-state index contributed by atoms with van der Waals surface area (Å²) in [5.74, 6) is -1.61. The van der Waals surface area contributed by atoms with E-state index in [1.54, 1.807) is 55.5 Å². The van der Waals surface area contributed by atoms with Gasteiger partial charge in [-0.2, -0.15) is 0 Å². The Morgan fingerprint density at radius 3 is 2.26 bits per heavy atom. The number of nitrogens with zero attached hydrogens (tertiary/aromatic N) is 1. The molecule has 1 aliphatic rings. The number of anilines is 1. The number of Topliss-reactive ketones (excluding diaryl/α,β-unsaturated/α-hetero) is 1. The molecule has 1 fully saturated rings. The predicted octanol–water partition coefficient (Wildman–Crippen LogP) is 6.37. The van der Waals surface area contributed by atoms with Crippen molar-refractivity contribution in [3.05, 3.63) is 101 Å². The Kier molecular flexibility index (Phi) is 8.81. The molecule has 7 heteroatoms. The lowest BCUT2D eigenvalue weighted by atomic mass is 9.94. The third kappa shape index (κ3) is 6.03. The summed E-state index contributed by atoms with van der Waals surface area (Å²) < 4.78 is 10.8. The van der Waals surface area contributed by atoms with E-state index in [0.717, 1.165) is 24.8 Å². The van der Waals surface area contributed by atoms with Gasteiger partial charge in [-0.05, 0) is 74.4 Å². The number of hydrogen-bond acceptors (Lipinski definition) is 6. The molecule has 4 rings (SSSR count). The summed E-state index contributed by atoms with van der Waals surface area (Å²) in [7, 11) is 0. The molecule has 0 bridgehead atoms. The Morgan fingerprint density at radius 1 is 0.923 bits per heavy atom. The van der Waals surface area contributed by atoms with Gasteiger partial charge in [0, 0.05) is 11.3 Å². The number of carbonyl (C=O) groups excluding carboxylic acids is 3. The number of carbonyl (C=O) groups is 3. The minimum atomic E-state index is -0.858. The largest absolute Gasteiger partial charge is 0.507 e. The fourth-order valence-corrected chi connectivity index (χ4v) is 4.63. The lowest BCUT2D eigenvalue weighted by Gasteiger charge is -2.26. The molecule has 202 valence electrons. The highest BCUT2D eigenvalue weighted by atomic mass is 16.5. The van der Waals surface area contributed by atoms with Crippen molar-refractivity contribution in [1.82, 2.24) is 0 Å². The summed E-state index contributed by atoms with van der Waals surface area (Å²) in [5.41, 5.74) is 2.79. The van der Waals surface area contributed by atoms with E-state index in [4.69, 9.17) is 9.47 Å². The quantitative estimate of drug-likeness (QED) is 0.108. The van der Waals surface area contributed by atoms with Crippen LogP contribution in [-0.2, 0) is 14.3 Å². The monoisotopic (exact) mass is 527 g/mol. The van der Waals surface area contributed by atoms with Gasteiger partial charge in [0.15, 0.2) is 0 Å². The van der Waals surface area contributed by atoms with Crippen molar-refractivity contribution in [2.24, 2.45) is 0 Å². The van der Waals surface area contributed by atoms with E-state index in [1.807, 2.05) is 31.2 Å². The van der Waals surface area contributed by atoms with Crippen LogP contribution in [0, 0.1) is 6.92 Å². The van der Waals surface area contributed by atoms with Gasteiger partial charge in [0.05, 0.1) is 30.4 Å². The average molecular weight is 528 g/mol. The van der Waals surface area contributed by atoms with Crippen molar-refractivity contribution in [3.63, 3.8) is 0 Å². The first-order valence-electron chi connectivity index (χ1n) is 13.2. The molecule has 0 saturated carbocycles. The number of aryl methyl sites for hydroxylation is 1. The highest BCUT2D eigenvalue weighted by molar-refractivity contribution is 6.51. The summed E-state index contributed by atoms with van der Waals surface area (Å²) in [5, 5.41) is 11.4. The Labute approximate surface area is 228 Å². The van der Waals surface area contributed by atoms with Crippen LogP contribution in [0.1, 0.15) is 66.2 Å². The van der Waals surface area contributed by atoms with Gasteiger partial charge in [-0.3, -0.25) is 14.5 Å². The molecule has 1 N–H and O–H groups in total. The van der Waals surface area contributed by atoms with Gasteiger partial charge in [0.2, 0.25) is 0 Å². The van der Waals surface area contributed by atoms with Crippen LogP contribution in [-0.4, -0.2) is 36.0 Å². The number of ether oxygens (including phenoxy) is 2. The zero-order chi connectivity index (χ0) is 27.9. The topological polar surface area (TPSA) is 93.1 Å². The van der Waals surface area contributed by atoms with Crippen LogP contribution in [0.2, 0.25) is 0 Å². The van der Waals surface area contributed by atoms with Crippen molar-refractivity contribution in [3.8, 4) is 5.75 Å². The molecule has 3 aromatic rings. The number of esters is 1. The van der Waals surface area contributed by atoms with Gasteiger partial charge < -0.3 is 14.6 Å². The third-order valence-electron chi connectivity index (χ3n) is 6.60. The van der Waals surface area contributed by atoms with Crippen LogP contribution in [0.15, 0.2) is 78.4 Å². The summed E-state index contributed by atoms with van der Waals surface area (Å²) in [4.78, 5) is 40.3. The third-order valence-corrected chi connectivity index (χ3v) is 6.60. The molecule has 1 saturated heterocycles. The Bertz CT molecular complexity index is 1370. The van der Waals surface area contributed by atoms with Crippen molar-refractivity contribution >= 4 is 29.1 Å². The van der Waals surface area contributed by atoms with Gasteiger partial charge in [0.1, 0.15) is 11.5 Å². The zero-order valence-corrected chi connectivity index (χ0v) is 22.5. The molecule has 1 aliphatic heterocycles. The lowest BCUT2D eigenvalue weighted by molar-refractivity contribution is -0.132. The Hall–Kier alpha value is -4.39. The number of benzene rings is 3. The number of hydrogen-bond donors (Lipinski definition) is 1. The minimum absolute atomic E-state index is 0.00307. The number of aliphatic hydroxyl groups is 1. The number of aliphatic hydroxyl groups excluding tert-OH is 1. The Morgan fingerprint density at radius 2 is 1.62 bits per heavy atom. The van der Waals surface area contributed by atoms with Crippen LogP contribution < -0.4 is 9.64 Å². The second kappa shape index (κ2) is 12.4. The molecule has 39 heavy (non-hydrogen) atoms. The van der Waals surface area contributed by atoms with Crippen molar-refractivity contribution in [1.29, 1.82) is 0 Å². The molecule has 7 nitrogen and oxygen atoms in total. The lowest BCUT2D eigenvalue weighted by Crippen LogP contribution is -2.29. The molecule has 0 radical (unpaired) electrons. The molecule has 1 atom stereocenters. The predicted molar refractivity (Wildman–Crippen MR) is 150 cm³/mol. The van der Waals surface area contributed by atoms with E-state index in [2.05, 4.69) is 6.92 Å². The second-order valence-corrected chi connectivity index (χ2v) is 9.43. The highest BCUT2D eigenvalue weighted by Crippen LogP contribution is 2.42. The van der Waals surface area contributed by atoms with Gasteiger partial charge in [-0.25, -0.2) is 4.79 Å². The van der Waals surface area contributed by atoms with E-state index in [1.165, 1.54) is 4.90 Å².